The lowest BCUT2D eigenvalue weighted by Gasteiger charge is -2.22. The van der Waals surface area contributed by atoms with E-state index in [1.54, 1.807) is 18.3 Å². The van der Waals surface area contributed by atoms with Crippen LogP contribution in [0.3, 0.4) is 0 Å². The van der Waals surface area contributed by atoms with E-state index in [4.69, 9.17) is 29.2 Å². The van der Waals surface area contributed by atoms with Gasteiger partial charge >= 0.3 is 5.97 Å². The summed E-state index contributed by atoms with van der Waals surface area (Å²) < 4.78 is 27.9. The van der Waals surface area contributed by atoms with E-state index in [9.17, 15) is 24.6 Å². The number of aliphatic carboxylic acids is 1. The van der Waals surface area contributed by atoms with Crippen molar-refractivity contribution in [1.82, 2.24) is 15.6 Å². The van der Waals surface area contributed by atoms with E-state index in [0.717, 1.165) is 27.5 Å². The van der Waals surface area contributed by atoms with Crippen molar-refractivity contribution in [2.24, 2.45) is 5.11 Å². The van der Waals surface area contributed by atoms with E-state index in [2.05, 4.69) is 31.0 Å². The number of nitrogens with zero attached hydrogens (tertiary/aromatic N) is 4. The lowest BCUT2D eigenvalue weighted by Crippen LogP contribution is -2.50. The summed E-state index contributed by atoms with van der Waals surface area (Å²) >= 11 is 0. The van der Waals surface area contributed by atoms with E-state index in [-0.39, 0.29) is 6.42 Å². The molecule has 0 aliphatic rings. The highest BCUT2D eigenvalue weighted by Gasteiger charge is 2.25. The minimum atomic E-state index is -1.25. The van der Waals surface area contributed by atoms with Gasteiger partial charge < -0.3 is 49.8 Å². The number of amides is 2. The number of aliphatic hydroxyl groups is 1. The number of aryl methyl sites for hydroxylation is 1. The molecule has 2 amide bonds. The minimum absolute atomic E-state index is 0.107. The van der Waals surface area contributed by atoms with Gasteiger partial charge in [0, 0.05) is 36.0 Å². The molecule has 59 heavy (non-hydrogen) atoms. The third kappa shape index (κ3) is 16.5. The molecule has 1 heterocycles. The van der Waals surface area contributed by atoms with Crippen LogP contribution < -0.4 is 20.7 Å². The van der Waals surface area contributed by atoms with E-state index in [0.29, 0.717) is 96.1 Å². The van der Waals surface area contributed by atoms with E-state index in [1.165, 1.54) is 0 Å². The Morgan fingerprint density at radius 1 is 0.831 bits per heavy atom. The zero-order valence-electron chi connectivity index (χ0n) is 33.2. The van der Waals surface area contributed by atoms with Gasteiger partial charge in [-0.3, -0.25) is 14.4 Å². The number of azide groups is 1. The maximum absolute atomic E-state index is 13.2. The molecule has 1 aromatic heterocycles. The van der Waals surface area contributed by atoms with Gasteiger partial charge in [0.15, 0.2) is 0 Å². The highest BCUT2D eigenvalue weighted by Crippen LogP contribution is 2.35. The van der Waals surface area contributed by atoms with Crippen LogP contribution in [0.2, 0.25) is 0 Å². The maximum atomic E-state index is 13.2. The first-order chi connectivity index (χ1) is 28.8. The fourth-order valence-electron chi connectivity index (χ4n) is 5.92. The lowest BCUT2D eigenvalue weighted by molar-refractivity contribution is -0.138. The van der Waals surface area contributed by atoms with Crippen LogP contribution in [0.25, 0.3) is 32.3 Å². The highest BCUT2D eigenvalue weighted by atomic mass is 16.6. The summed E-state index contributed by atoms with van der Waals surface area (Å²) in [7, 11) is 0. The quantitative estimate of drug-likeness (QED) is 0.0212. The Morgan fingerprint density at radius 3 is 2.14 bits per heavy atom. The Labute approximate surface area is 343 Å². The van der Waals surface area contributed by atoms with Crippen LogP contribution in [0.4, 0.5) is 5.82 Å². The van der Waals surface area contributed by atoms with Crippen LogP contribution >= 0.6 is 0 Å². The van der Waals surface area contributed by atoms with Crippen LogP contribution in [0.5, 0.6) is 5.75 Å². The molecule has 0 bridgehead atoms. The monoisotopic (exact) mass is 815 g/mol. The number of fused-ring (bicyclic) bond motifs is 1. The fourth-order valence-corrected chi connectivity index (χ4v) is 5.92. The molecule has 17 nitrogen and oxygen atoms in total. The number of aliphatic hydroxyl groups excluding tert-OH is 1. The second-order valence-corrected chi connectivity index (χ2v) is 13.2. The molecule has 0 aliphatic carbocycles. The van der Waals surface area contributed by atoms with E-state index in [1.807, 2.05) is 67.6 Å². The Kier molecular flexibility index (Phi) is 20.4. The largest absolute Gasteiger partial charge is 0.491 e. The molecule has 2 atom stereocenters. The fraction of sp³-hybridized carbons (Fsp3) is 0.429. The van der Waals surface area contributed by atoms with Gasteiger partial charge in [0.1, 0.15) is 24.2 Å². The average Bonchev–Trinajstić information content (AvgIpc) is 3.23. The summed E-state index contributed by atoms with van der Waals surface area (Å²) in [5.74, 6) is -0.841. The van der Waals surface area contributed by atoms with Gasteiger partial charge in [0.2, 0.25) is 11.8 Å². The first-order valence-electron chi connectivity index (χ1n) is 19.4. The summed E-state index contributed by atoms with van der Waals surface area (Å²) in [5, 5.41) is 33.2. The number of aromatic nitrogens is 1. The molecule has 0 radical (unpaired) electrons. The van der Waals surface area contributed by atoms with Crippen molar-refractivity contribution in [3.63, 3.8) is 0 Å². The summed E-state index contributed by atoms with van der Waals surface area (Å²) in [6.07, 6.45) is 1.86. The first kappa shape index (κ1) is 45.9. The third-order valence-corrected chi connectivity index (χ3v) is 8.84. The molecule has 3 aromatic carbocycles. The number of benzene rings is 3. The van der Waals surface area contributed by atoms with Crippen molar-refractivity contribution >= 4 is 34.4 Å². The van der Waals surface area contributed by atoms with Crippen LogP contribution in [-0.2, 0) is 33.3 Å². The Hall–Kier alpha value is -5.81. The number of carbonyl (C=O) groups is 3. The summed E-state index contributed by atoms with van der Waals surface area (Å²) in [4.78, 5) is 44.5. The van der Waals surface area contributed by atoms with Crippen LogP contribution in [-0.4, -0.2) is 118 Å². The molecule has 0 saturated carbocycles. The zero-order valence-corrected chi connectivity index (χ0v) is 33.2. The van der Waals surface area contributed by atoms with Gasteiger partial charge in [-0.2, -0.15) is 0 Å². The second-order valence-electron chi connectivity index (χ2n) is 13.2. The highest BCUT2D eigenvalue weighted by molar-refractivity contribution is 6.00. The van der Waals surface area contributed by atoms with Crippen LogP contribution in [0.1, 0.15) is 36.4 Å². The molecule has 2 unspecified atom stereocenters. The number of pyridine rings is 1. The first-order valence-corrected chi connectivity index (χ1v) is 19.4. The lowest BCUT2D eigenvalue weighted by atomic mass is 9.95. The topological polar surface area (TPSA) is 236 Å². The summed E-state index contributed by atoms with van der Waals surface area (Å²) in [5.41, 5.74) is 11.6. The second kappa shape index (κ2) is 26.2. The normalized spacial score (nSPS) is 12.0. The molecule has 0 fully saturated rings. The molecular weight excluding hydrogens is 763 g/mol. The Bertz CT molecular complexity index is 1960. The molecule has 4 rings (SSSR count). The molecule has 17 heteroatoms. The predicted octanol–water partition coefficient (Wildman–Crippen LogP) is 4.97. The number of anilines is 1. The van der Waals surface area contributed by atoms with Crippen LogP contribution in [0, 0.1) is 6.92 Å². The number of nitrogens with one attached hydrogen (secondary N) is 3. The van der Waals surface area contributed by atoms with E-state index >= 15 is 0 Å². The van der Waals surface area contributed by atoms with Gasteiger partial charge in [-0.05, 0) is 64.7 Å². The number of rotatable bonds is 29. The predicted molar refractivity (Wildman–Crippen MR) is 221 cm³/mol. The van der Waals surface area contributed by atoms with Gasteiger partial charge in [0.25, 0.3) is 0 Å². The molecule has 4 aromatic rings. The summed E-state index contributed by atoms with van der Waals surface area (Å²) in [6, 6.07) is 20.5. The van der Waals surface area contributed by atoms with Gasteiger partial charge in [0.05, 0.1) is 71.9 Å². The maximum Gasteiger partial charge on any atom is 0.305 e. The number of ether oxygens (including phenoxy) is 5. The van der Waals surface area contributed by atoms with Gasteiger partial charge in [-0.25, -0.2) is 4.98 Å². The summed E-state index contributed by atoms with van der Waals surface area (Å²) in [6.45, 7) is 5.67. The molecule has 5 N–H and O–H groups in total. The smallest absolute Gasteiger partial charge is 0.305 e. The molecule has 316 valence electrons. The molecule has 0 spiro atoms. The molecule has 0 aliphatic heterocycles. The molecular formula is C42H53N7O10. The number of hydrogen-bond donors (Lipinski definition) is 5. The molecule has 0 saturated heterocycles. The van der Waals surface area contributed by atoms with Crippen molar-refractivity contribution in [3.05, 3.63) is 101 Å². The third-order valence-electron chi connectivity index (χ3n) is 8.84. The number of carboxylic acid groups (broad SMARTS) is 1. The van der Waals surface area contributed by atoms with Crippen molar-refractivity contribution in [2.75, 3.05) is 84.5 Å². The standard InChI is InChI=1S/C42H53N7O10/c1-30-14-16-45-39(27-30)44-15-4-7-40(51)47-37(29-50)42(54)48-36(28-41(52)53)32-10-8-31(9-11-32)33-12-13-38(35-6-3-2-5-34(33)35)59-26-25-58-24-23-57-22-21-56-20-19-55-18-17-46-49-43/h2-3,5-6,8-14,16,27,36-37,50H,4,7,15,17-26,28-29H2,1H3,(H,44,45)(H,47,51)(H,48,54)(H,52,53). The average molecular weight is 816 g/mol. The van der Waals surface area contributed by atoms with E-state index < -0.39 is 42.9 Å². The Balaban J connectivity index is 1.23. The number of carboxylic acids is 1. The minimum Gasteiger partial charge on any atom is -0.491 e. The SMILES string of the molecule is Cc1ccnc(NCCCC(=O)NC(CO)C(=O)NC(CC(=O)O)c2ccc(-c3ccc(OCCOCCOCCOCCOCCN=[N+]=[N-])c4ccccc34)cc2)c1. The Morgan fingerprint density at radius 2 is 1.49 bits per heavy atom. The van der Waals surface area contributed by atoms with Gasteiger partial charge in [-0.1, -0.05) is 59.7 Å². The van der Waals surface area contributed by atoms with Crippen molar-refractivity contribution in [1.29, 1.82) is 0 Å². The number of hydrogen-bond acceptors (Lipinski definition) is 12. The number of carbonyl (C=O) groups excluding carboxylic acids is 2. The van der Waals surface area contributed by atoms with Crippen molar-refractivity contribution < 1.29 is 48.3 Å². The van der Waals surface area contributed by atoms with Crippen LogP contribution in [0.15, 0.2) is 84.1 Å². The van der Waals surface area contributed by atoms with Crippen molar-refractivity contribution in [2.45, 2.75) is 38.3 Å². The van der Waals surface area contributed by atoms with Gasteiger partial charge in [-0.15, -0.1) is 0 Å². The van der Waals surface area contributed by atoms with Crippen molar-refractivity contribution in [3.8, 4) is 16.9 Å². The zero-order chi connectivity index (χ0) is 42.1.